The van der Waals surface area contributed by atoms with Crippen molar-refractivity contribution in [1.82, 2.24) is 5.32 Å². The van der Waals surface area contributed by atoms with E-state index in [4.69, 9.17) is 11.6 Å². The van der Waals surface area contributed by atoms with Crippen LogP contribution in [0.25, 0.3) is 0 Å². The quantitative estimate of drug-likeness (QED) is 0.797. The van der Waals surface area contributed by atoms with E-state index in [0.717, 1.165) is 10.6 Å². The second-order valence-electron chi connectivity index (χ2n) is 5.49. The fourth-order valence-electron chi connectivity index (χ4n) is 2.69. The minimum Gasteiger partial charge on any atom is -0.304 e. The molecule has 0 saturated carbocycles. The fraction of sp³-hybridized carbons (Fsp3) is 0.333. The first-order chi connectivity index (χ1) is 9.49. The normalized spacial score (nSPS) is 14.1. The van der Waals surface area contributed by atoms with Gasteiger partial charge in [-0.25, -0.2) is 0 Å². The molecule has 0 aliphatic rings. The first-order valence-electron chi connectivity index (χ1n) is 7.06. The van der Waals surface area contributed by atoms with Crippen LogP contribution >= 0.6 is 11.6 Å². The molecule has 2 rings (SSSR count). The predicted octanol–water partition coefficient (Wildman–Crippen LogP) is 5.37. The van der Waals surface area contributed by atoms with Crippen LogP contribution in [-0.2, 0) is 0 Å². The van der Waals surface area contributed by atoms with Crippen LogP contribution in [-0.4, -0.2) is 0 Å². The van der Waals surface area contributed by atoms with Gasteiger partial charge < -0.3 is 5.32 Å². The average Bonchev–Trinajstić information content (AvgIpc) is 2.38. The number of hydrogen-bond acceptors (Lipinski definition) is 1. The van der Waals surface area contributed by atoms with E-state index in [1.807, 2.05) is 18.2 Å². The van der Waals surface area contributed by atoms with Gasteiger partial charge in [0, 0.05) is 17.1 Å². The molecule has 0 aliphatic heterocycles. The molecule has 2 heteroatoms. The van der Waals surface area contributed by atoms with Gasteiger partial charge in [-0.1, -0.05) is 53.6 Å². The number of hydrogen-bond donors (Lipinski definition) is 1. The third-order valence-electron chi connectivity index (χ3n) is 3.76. The Balaban J connectivity index is 2.15. The van der Waals surface area contributed by atoms with Crippen LogP contribution in [0.5, 0.6) is 0 Å². The van der Waals surface area contributed by atoms with Crippen LogP contribution in [0.15, 0.2) is 42.5 Å². The van der Waals surface area contributed by atoms with Gasteiger partial charge >= 0.3 is 0 Å². The lowest BCUT2D eigenvalue weighted by molar-refractivity contribution is 0.493. The van der Waals surface area contributed by atoms with Crippen LogP contribution < -0.4 is 5.32 Å². The summed E-state index contributed by atoms with van der Waals surface area (Å²) >= 11 is 6.26. The summed E-state index contributed by atoms with van der Waals surface area (Å²) in [5, 5.41) is 4.45. The third-order valence-corrected chi connectivity index (χ3v) is 4.11. The van der Waals surface area contributed by atoms with E-state index in [2.05, 4.69) is 57.3 Å². The van der Waals surface area contributed by atoms with Gasteiger partial charge in [-0.3, -0.25) is 0 Å². The SMILES string of the molecule is Cc1ccc(C(C)N[C@H](C)c2ccccc2Cl)c(C)c1. The molecule has 2 atom stereocenters. The third kappa shape index (κ3) is 3.41. The van der Waals surface area contributed by atoms with Crippen molar-refractivity contribution >= 4 is 11.6 Å². The second-order valence-corrected chi connectivity index (χ2v) is 5.90. The highest BCUT2D eigenvalue weighted by atomic mass is 35.5. The number of halogens is 1. The van der Waals surface area contributed by atoms with E-state index in [1.54, 1.807) is 0 Å². The topological polar surface area (TPSA) is 12.0 Å². The molecule has 0 bridgehead atoms. The first kappa shape index (κ1) is 15.1. The number of aryl methyl sites for hydroxylation is 2. The number of nitrogens with one attached hydrogen (secondary N) is 1. The van der Waals surface area contributed by atoms with Crippen LogP contribution in [0.3, 0.4) is 0 Å². The molecule has 0 spiro atoms. The van der Waals surface area contributed by atoms with Crippen LogP contribution in [0, 0.1) is 13.8 Å². The Morgan fingerprint density at radius 1 is 0.900 bits per heavy atom. The maximum absolute atomic E-state index is 6.26. The lowest BCUT2D eigenvalue weighted by Crippen LogP contribution is -2.23. The zero-order chi connectivity index (χ0) is 14.7. The molecule has 2 aromatic carbocycles. The van der Waals surface area contributed by atoms with Crippen molar-refractivity contribution < 1.29 is 0 Å². The summed E-state index contributed by atoms with van der Waals surface area (Å²) in [5.41, 5.74) is 5.12. The van der Waals surface area contributed by atoms with Gasteiger partial charge in [0.25, 0.3) is 0 Å². The molecule has 0 aliphatic carbocycles. The number of rotatable bonds is 4. The summed E-state index contributed by atoms with van der Waals surface area (Å²) in [4.78, 5) is 0. The zero-order valence-electron chi connectivity index (χ0n) is 12.6. The molecule has 0 amide bonds. The Morgan fingerprint density at radius 3 is 2.20 bits per heavy atom. The minimum absolute atomic E-state index is 0.222. The largest absolute Gasteiger partial charge is 0.304 e. The lowest BCUT2D eigenvalue weighted by Gasteiger charge is -2.23. The van der Waals surface area contributed by atoms with Crippen molar-refractivity contribution in [2.24, 2.45) is 0 Å². The minimum atomic E-state index is 0.222. The zero-order valence-corrected chi connectivity index (χ0v) is 13.3. The summed E-state index contributed by atoms with van der Waals surface area (Å²) in [7, 11) is 0. The highest BCUT2D eigenvalue weighted by Crippen LogP contribution is 2.26. The molecular weight excluding hydrogens is 266 g/mol. The standard InChI is InChI=1S/C18H22ClN/c1-12-9-10-16(13(2)11-12)14(3)20-15(4)17-7-5-6-8-18(17)19/h5-11,14-15,20H,1-4H3/t14?,15-/m1/s1. The lowest BCUT2D eigenvalue weighted by atomic mass is 9.99. The maximum Gasteiger partial charge on any atom is 0.0453 e. The molecular formula is C18H22ClN. The molecule has 20 heavy (non-hydrogen) atoms. The molecule has 0 radical (unpaired) electrons. The van der Waals surface area contributed by atoms with Gasteiger partial charge in [-0.05, 0) is 50.5 Å². The molecule has 0 aromatic heterocycles. The predicted molar refractivity (Wildman–Crippen MR) is 87.3 cm³/mol. The molecule has 2 aromatic rings. The molecule has 0 fully saturated rings. The highest BCUT2D eigenvalue weighted by molar-refractivity contribution is 6.31. The van der Waals surface area contributed by atoms with Crippen LogP contribution in [0.1, 0.15) is 48.2 Å². The monoisotopic (exact) mass is 287 g/mol. The molecule has 106 valence electrons. The fourth-order valence-corrected chi connectivity index (χ4v) is 2.99. The summed E-state index contributed by atoms with van der Waals surface area (Å²) in [6, 6.07) is 15.1. The van der Waals surface area contributed by atoms with Gasteiger partial charge in [-0.2, -0.15) is 0 Å². The van der Waals surface area contributed by atoms with Crippen LogP contribution in [0.4, 0.5) is 0 Å². The van der Waals surface area contributed by atoms with E-state index in [1.165, 1.54) is 16.7 Å². The first-order valence-corrected chi connectivity index (χ1v) is 7.44. The summed E-state index contributed by atoms with van der Waals surface area (Å²) in [6.07, 6.45) is 0. The van der Waals surface area contributed by atoms with Gasteiger partial charge in [0.15, 0.2) is 0 Å². The molecule has 1 N–H and O–H groups in total. The van der Waals surface area contributed by atoms with Gasteiger partial charge in [0.05, 0.1) is 0 Å². The van der Waals surface area contributed by atoms with Gasteiger partial charge in [-0.15, -0.1) is 0 Å². The Labute approximate surface area is 127 Å². The van der Waals surface area contributed by atoms with Crippen molar-refractivity contribution in [2.75, 3.05) is 0 Å². The van der Waals surface area contributed by atoms with Gasteiger partial charge in [0.2, 0.25) is 0 Å². The molecule has 1 nitrogen and oxygen atoms in total. The second kappa shape index (κ2) is 6.43. The Kier molecular flexibility index (Phi) is 4.85. The Bertz CT molecular complexity index is 592. The maximum atomic E-state index is 6.26. The van der Waals surface area contributed by atoms with E-state index < -0.39 is 0 Å². The Morgan fingerprint density at radius 2 is 1.55 bits per heavy atom. The van der Waals surface area contributed by atoms with Crippen molar-refractivity contribution in [3.8, 4) is 0 Å². The van der Waals surface area contributed by atoms with Crippen molar-refractivity contribution in [3.05, 3.63) is 69.7 Å². The Hall–Kier alpha value is -1.31. The van der Waals surface area contributed by atoms with Crippen molar-refractivity contribution in [2.45, 2.75) is 39.8 Å². The van der Waals surface area contributed by atoms with Crippen LogP contribution in [0.2, 0.25) is 5.02 Å². The van der Waals surface area contributed by atoms with E-state index >= 15 is 0 Å². The summed E-state index contributed by atoms with van der Waals surface area (Å²) < 4.78 is 0. The van der Waals surface area contributed by atoms with E-state index in [0.29, 0.717) is 6.04 Å². The highest BCUT2D eigenvalue weighted by Gasteiger charge is 2.14. The van der Waals surface area contributed by atoms with Gasteiger partial charge in [0.1, 0.15) is 0 Å². The average molecular weight is 288 g/mol. The van der Waals surface area contributed by atoms with E-state index in [9.17, 15) is 0 Å². The number of benzene rings is 2. The molecule has 0 saturated heterocycles. The molecule has 0 heterocycles. The summed E-state index contributed by atoms with van der Waals surface area (Å²) in [5.74, 6) is 0. The van der Waals surface area contributed by atoms with E-state index in [-0.39, 0.29) is 6.04 Å². The molecule has 1 unspecified atom stereocenters. The van der Waals surface area contributed by atoms with Crippen molar-refractivity contribution in [3.63, 3.8) is 0 Å². The van der Waals surface area contributed by atoms with Crippen molar-refractivity contribution in [1.29, 1.82) is 0 Å². The summed E-state index contributed by atoms with van der Waals surface area (Å²) in [6.45, 7) is 8.65. The smallest absolute Gasteiger partial charge is 0.0453 e.